The minimum atomic E-state index is 0.0876. The van der Waals surface area contributed by atoms with Crippen LogP contribution in [0.15, 0.2) is 29.2 Å². The van der Waals surface area contributed by atoms with Crippen molar-refractivity contribution < 1.29 is 9.59 Å². The Morgan fingerprint density at radius 3 is 2.38 bits per heavy atom. The SMILES string of the molecule is CC(C)N1CCN(C(=O)c2ccccc2SCC(=O)N(C)C2CCCCC2)CC1. The van der Waals surface area contributed by atoms with Crippen molar-refractivity contribution in [3.8, 4) is 0 Å². The van der Waals surface area contributed by atoms with Crippen LogP contribution in [0.5, 0.6) is 0 Å². The second kappa shape index (κ2) is 10.5. The predicted molar refractivity (Wildman–Crippen MR) is 119 cm³/mol. The molecule has 1 aromatic rings. The summed E-state index contributed by atoms with van der Waals surface area (Å²) in [6, 6.07) is 8.63. The summed E-state index contributed by atoms with van der Waals surface area (Å²) in [6.07, 6.45) is 5.95. The van der Waals surface area contributed by atoms with E-state index in [1.54, 1.807) is 0 Å². The molecule has 2 fully saturated rings. The first-order chi connectivity index (χ1) is 14.0. The van der Waals surface area contributed by atoms with Crippen molar-refractivity contribution in [1.82, 2.24) is 14.7 Å². The van der Waals surface area contributed by atoms with E-state index in [1.165, 1.54) is 31.0 Å². The number of hydrogen-bond donors (Lipinski definition) is 0. The van der Waals surface area contributed by atoms with Crippen LogP contribution in [0.1, 0.15) is 56.3 Å². The Labute approximate surface area is 179 Å². The van der Waals surface area contributed by atoms with Crippen LogP contribution in [0.2, 0.25) is 0 Å². The van der Waals surface area contributed by atoms with Crippen molar-refractivity contribution in [3.63, 3.8) is 0 Å². The number of rotatable bonds is 6. The van der Waals surface area contributed by atoms with E-state index in [0.29, 0.717) is 17.8 Å². The number of hydrogen-bond acceptors (Lipinski definition) is 4. The van der Waals surface area contributed by atoms with Gasteiger partial charge in [-0.05, 0) is 38.8 Å². The average Bonchev–Trinajstić information content (AvgIpc) is 2.77. The molecule has 0 unspecified atom stereocenters. The van der Waals surface area contributed by atoms with Gasteiger partial charge in [-0.1, -0.05) is 31.4 Å². The molecule has 0 radical (unpaired) electrons. The molecular formula is C23H35N3O2S. The summed E-state index contributed by atoms with van der Waals surface area (Å²) in [6.45, 7) is 7.76. The second-order valence-corrected chi connectivity index (χ2v) is 9.52. The minimum absolute atomic E-state index is 0.0876. The standard InChI is InChI=1S/C23H35N3O2S/c1-18(2)25-13-15-26(16-14-25)23(28)20-11-7-8-12-21(20)29-17-22(27)24(3)19-9-5-4-6-10-19/h7-8,11-12,18-19H,4-6,9-10,13-17H2,1-3H3. The van der Waals surface area contributed by atoms with Crippen LogP contribution < -0.4 is 0 Å². The summed E-state index contributed by atoms with van der Waals surface area (Å²) < 4.78 is 0. The molecule has 5 nitrogen and oxygen atoms in total. The molecule has 3 rings (SSSR count). The molecule has 1 saturated heterocycles. The van der Waals surface area contributed by atoms with Crippen molar-refractivity contribution >= 4 is 23.6 Å². The number of nitrogens with zero attached hydrogens (tertiary/aromatic N) is 3. The highest BCUT2D eigenvalue weighted by Gasteiger charge is 2.26. The first kappa shape index (κ1) is 22.2. The Morgan fingerprint density at radius 1 is 1.07 bits per heavy atom. The van der Waals surface area contributed by atoms with Gasteiger partial charge in [0, 0.05) is 50.2 Å². The van der Waals surface area contributed by atoms with Crippen molar-refractivity contribution in [3.05, 3.63) is 29.8 Å². The zero-order valence-electron chi connectivity index (χ0n) is 18.1. The van der Waals surface area contributed by atoms with Gasteiger partial charge in [-0.2, -0.15) is 0 Å². The van der Waals surface area contributed by atoms with E-state index < -0.39 is 0 Å². The molecule has 2 aliphatic rings. The molecule has 29 heavy (non-hydrogen) atoms. The van der Waals surface area contributed by atoms with E-state index in [-0.39, 0.29) is 11.8 Å². The summed E-state index contributed by atoms with van der Waals surface area (Å²) in [5.41, 5.74) is 0.726. The molecule has 0 N–H and O–H groups in total. The highest BCUT2D eigenvalue weighted by atomic mass is 32.2. The van der Waals surface area contributed by atoms with Crippen LogP contribution in [0.3, 0.4) is 0 Å². The zero-order valence-corrected chi connectivity index (χ0v) is 18.9. The fraction of sp³-hybridized carbons (Fsp3) is 0.652. The van der Waals surface area contributed by atoms with Gasteiger partial charge in [0.1, 0.15) is 0 Å². The molecular weight excluding hydrogens is 382 g/mol. The quantitative estimate of drug-likeness (QED) is 0.662. The fourth-order valence-corrected chi connectivity index (χ4v) is 5.26. The summed E-state index contributed by atoms with van der Waals surface area (Å²) in [5.74, 6) is 0.637. The lowest BCUT2D eigenvalue weighted by molar-refractivity contribution is -0.129. The molecule has 1 saturated carbocycles. The lowest BCUT2D eigenvalue weighted by Crippen LogP contribution is -2.50. The Kier molecular flexibility index (Phi) is 8.01. The maximum atomic E-state index is 13.1. The average molecular weight is 418 g/mol. The third-order valence-corrected chi connectivity index (χ3v) is 7.37. The minimum Gasteiger partial charge on any atom is -0.342 e. The lowest BCUT2D eigenvalue weighted by Gasteiger charge is -2.37. The van der Waals surface area contributed by atoms with Crippen LogP contribution in [0.4, 0.5) is 0 Å². The van der Waals surface area contributed by atoms with Gasteiger partial charge >= 0.3 is 0 Å². The maximum absolute atomic E-state index is 13.1. The number of benzene rings is 1. The monoisotopic (exact) mass is 417 g/mol. The van der Waals surface area contributed by atoms with Gasteiger partial charge in [0.15, 0.2) is 0 Å². The smallest absolute Gasteiger partial charge is 0.255 e. The molecule has 0 spiro atoms. The summed E-state index contributed by atoms with van der Waals surface area (Å²) in [5, 5.41) is 0. The normalized spacial score (nSPS) is 18.8. The molecule has 0 bridgehead atoms. The largest absolute Gasteiger partial charge is 0.342 e. The van der Waals surface area contributed by atoms with E-state index in [0.717, 1.165) is 49.5 Å². The van der Waals surface area contributed by atoms with E-state index in [1.807, 2.05) is 41.1 Å². The molecule has 1 aromatic carbocycles. The number of thioether (sulfide) groups is 1. The Bertz CT molecular complexity index is 695. The number of amides is 2. The van der Waals surface area contributed by atoms with Gasteiger partial charge in [0.2, 0.25) is 5.91 Å². The summed E-state index contributed by atoms with van der Waals surface area (Å²) in [7, 11) is 1.93. The van der Waals surface area contributed by atoms with Crippen LogP contribution in [0.25, 0.3) is 0 Å². The van der Waals surface area contributed by atoms with Gasteiger partial charge in [-0.25, -0.2) is 0 Å². The van der Waals surface area contributed by atoms with Crippen molar-refractivity contribution in [2.75, 3.05) is 39.0 Å². The van der Waals surface area contributed by atoms with Crippen LogP contribution in [0, 0.1) is 0 Å². The van der Waals surface area contributed by atoms with Crippen molar-refractivity contribution in [2.45, 2.75) is 62.9 Å². The van der Waals surface area contributed by atoms with E-state index in [4.69, 9.17) is 0 Å². The molecule has 0 aromatic heterocycles. The molecule has 160 valence electrons. The summed E-state index contributed by atoms with van der Waals surface area (Å²) >= 11 is 1.50. The highest BCUT2D eigenvalue weighted by Crippen LogP contribution is 2.26. The Morgan fingerprint density at radius 2 is 1.72 bits per heavy atom. The molecule has 1 heterocycles. The first-order valence-electron chi connectivity index (χ1n) is 11.0. The van der Waals surface area contributed by atoms with Crippen LogP contribution in [-0.2, 0) is 4.79 Å². The topological polar surface area (TPSA) is 43.9 Å². The Hall–Kier alpha value is -1.53. The van der Waals surface area contributed by atoms with Gasteiger partial charge in [0.25, 0.3) is 5.91 Å². The van der Waals surface area contributed by atoms with Gasteiger partial charge < -0.3 is 9.80 Å². The van der Waals surface area contributed by atoms with E-state index in [2.05, 4.69) is 18.7 Å². The summed E-state index contributed by atoms with van der Waals surface area (Å²) in [4.78, 5) is 33.0. The molecule has 6 heteroatoms. The highest BCUT2D eigenvalue weighted by molar-refractivity contribution is 8.00. The number of carbonyl (C=O) groups is 2. The zero-order chi connectivity index (χ0) is 20.8. The lowest BCUT2D eigenvalue weighted by atomic mass is 9.94. The van der Waals surface area contributed by atoms with Crippen LogP contribution >= 0.6 is 11.8 Å². The third kappa shape index (κ3) is 5.76. The molecule has 1 aliphatic carbocycles. The molecule has 2 amide bonds. The number of carbonyl (C=O) groups excluding carboxylic acids is 2. The van der Waals surface area contributed by atoms with Crippen LogP contribution in [-0.4, -0.2) is 77.6 Å². The van der Waals surface area contributed by atoms with E-state index in [9.17, 15) is 9.59 Å². The molecule has 1 aliphatic heterocycles. The maximum Gasteiger partial charge on any atom is 0.255 e. The van der Waals surface area contributed by atoms with Gasteiger partial charge in [-0.15, -0.1) is 11.8 Å². The third-order valence-electron chi connectivity index (χ3n) is 6.32. The first-order valence-corrected chi connectivity index (χ1v) is 12.0. The van der Waals surface area contributed by atoms with Crippen molar-refractivity contribution in [1.29, 1.82) is 0 Å². The molecule has 0 atom stereocenters. The Balaban J connectivity index is 1.58. The van der Waals surface area contributed by atoms with Crippen molar-refractivity contribution in [2.24, 2.45) is 0 Å². The van der Waals surface area contributed by atoms with Gasteiger partial charge in [-0.3, -0.25) is 14.5 Å². The fourth-order valence-electron chi connectivity index (χ4n) is 4.29. The second-order valence-electron chi connectivity index (χ2n) is 8.50. The van der Waals surface area contributed by atoms with E-state index >= 15 is 0 Å². The predicted octanol–water partition coefficient (Wildman–Crippen LogP) is 3.74. The van der Waals surface area contributed by atoms with Gasteiger partial charge in [0.05, 0.1) is 11.3 Å². The number of piperazine rings is 1.